The van der Waals surface area contributed by atoms with Gasteiger partial charge in [-0.25, -0.2) is 15.8 Å². The number of hydrazine groups is 1. The van der Waals surface area contributed by atoms with Crippen molar-refractivity contribution in [2.24, 2.45) is 5.84 Å². The van der Waals surface area contributed by atoms with Gasteiger partial charge in [-0.05, 0) is 84.6 Å². The van der Waals surface area contributed by atoms with Crippen molar-refractivity contribution >= 4 is 72.4 Å². The van der Waals surface area contributed by atoms with Gasteiger partial charge in [0.15, 0.2) is 0 Å². The van der Waals surface area contributed by atoms with E-state index in [4.69, 9.17) is 5.84 Å². The number of nitrogens with two attached hydrogens (primary N) is 1. The zero-order chi connectivity index (χ0) is 31.9. The fraction of sp³-hybridized carbons (Fsp3) is 0.211. The Labute approximate surface area is 259 Å². The van der Waals surface area contributed by atoms with Gasteiger partial charge in [0.05, 0.1) is 16.8 Å². The number of carbonyl (C=O) groups excluding carboxylic acids is 4. The molecule has 222 valence electrons. The zero-order valence-electron chi connectivity index (χ0n) is 26.0. The van der Waals surface area contributed by atoms with Crippen LogP contribution in [0.25, 0.3) is 43.1 Å². The van der Waals surface area contributed by atoms with Gasteiger partial charge >= 0.3 is 0 Å². The van der Waals surface area contributed by atoms with Crippen molar-refractivity contribution in [1.82, 2.24) is 5.01 Å². The Morgan fingerprint density at radius 3 is 1.27 bits per heavy atom. The van der Waals surface area contributed by atoms with Crippen molar-refractivity contribution in [1.29, 1.82) is 0 Å². The van der Waals surface area contributed by atoms with Crippen LogP contribution in [0.3, 0.4) is 0 Å². The van der Waals surface area contributed by atoms with Gasteiger partial charge in [0.1, 0.15) is 0 Å². The molecule has 0 aliphatic carbocycles. The summed E-state index contributed by atoms with van der Waals surface area (Å²) in [7, 11) is 0. The van der Waals surface area contributed by atoms with Crippen LogP contribution in [0.1, 0.15) is 94.1 Å². The number of benzene rings is 6. The van der Waals surface area contributed by atoms with Crippen molar-refractivity contribution in [3.63, 3.8) is 0 Å². The number of amides is 4. The summed E-state index contributed by atoms with van der Waals surface area (Å²) in [5, 5.41) is 6.83. The molecule has 2 aliphatic heterocycles. The molecule has 6 aromatic rings. The molecule has 0 spiro atoms. The highest BCUT2D eigenvalue weighted by molar-refractivity contribution is 6.43. The van der Waals surface area contributed by atoms with Crippen LogP contribution < -0.4 is 10.7 Å². The summed E-state index contributed by atoms with van der Waals surface area (Å²) >= 11 is 0. The molecule has 2 aliphatic rings. The predicted molar refractivity (Wildman–Crippen MR) is 177 cm³/mol. The molecule has 0 saturated carbocycles. The molecule has 45 heavy (non-hydrogen) atoms. The number of anilines is 1. The molecule has 2 N–H and O–H groups in total. The van der Waals surface area contributed by atoms with E-state index in [1.54, 1.807) is 24.3 Å². The molecule has 0 fully saturated rings. The van der Waals surface area contributed by atoms with Crippen LogP contribution in [0.15, 0.2) is 66.7 Å². The number of imide groups is 2. The van der Waals surface area contributed by atoms with E-state index in [-0.39, 0.29) is 22.6 Å². The fourth-order valence-corrected chi connectivity index (χ4v) is 7.32. The van der Waals surface area contributed by atoms with Gasteiger partial charge in [0.2, 0.25) is 0 Å². The minimum atomic E-state index is -0.548. The maximum Gasteiger partial charge on any atom is 0.275 e. The topological polar surface area (TPSA) is 101 Å². The Hall–Kier alpha value is -5.14. The molecule has 7 heteroatoms. The van der Waals surface area contributed by atoms with Crippen molar-refractivity contribution in [3.05, 3.63) is 100 Å². The second kappa shape index (κ2) is 8.52. The zero-order valence-corrected chi connectivity index (χ0v) is 26.0. The minimum absolute atomic E-state index is 0.182. The maximum atomic E-state index is 14.5. The lowest BCUT2D eigenvalue weighted by Crippen LogP contribution is -2.45. The van der Waals surface area contributed by atoms with E-state index in [0.717, 1.165) is 43.4 Å². The number of hydrogen-bond donors (Lipinski definition) is 1. The first-order valence-electron chi connectivity index (χ1n) is 15.1. The Morgan fingerprint density at radius 1 is 0.489 bits per heavy atom. The van der Waals surface area contributed by atoms with Gasteiger partial charge in [0.25, 0.3) is 23.6 Å². The molecule has 8 rings (SSSR count). The van der Waals surface area contributed by atoms with E-state index in [9.17, 15) is 19.2 Å². The van der Waals surface area contributed by atoms with Crippen LogP contribution in [0, 0.1) is 0 Å². The van der Waals surface area contributed by atoms with Gasteiger partial charge in [-0.15, -0.1) is 0 Å². The lowest BCUT2D eigenvalue weighted by Gasteiger charge is -2.34. The number of hydrogen-bond acceptors (Lipinski definition) is 5. The van der Waals surface area contributed by atoms with Crippen molar-refractivity contribution in [3.8, 4) is 0 Å². The normalized spacial score (nSPS) is 15.5. The summed E-state index contributed by atoms with van der Waals surface area (Å²) in [5.41, 5.74) is 3.73. The molecule has 0 bridgehead atoms. The predicted octanol–water partition coefficient (Wildman–Crippen LogP) is 7.60. The molecule has 0 unspecified atom stereocenters. The quantitative estimate of drug-likeness (QED) is 0.0696. The first-order chi connectivity index (χ1) is 21.2. The van der Waals surface area contributed by atoms with Crippen molar-refractivity contribution in [2.75, 3.05) is 4.90 Å². The molecular formula is C38H31N3O4. The van der Waals surface area contributed by atoms with Gasteiger partial charge in [-0.1, -0.05) is 77.9 Å². The van der Waals surface area contributed by atoms with Gasteiger partial charge in [-0.3, -0.25) is 19.2 Å². The van der Waals surface area contributed by atoms with E-state index >= 15 is 0 Å². The SMILES string of the molecule is CC(C)(C)c1ccc(C(C)(C)C)c(N2C(=O)c3ccc4c5ccc6c7c(ccc(c8ccc(c3c48)C2=O)c75)C(=O)N(N)C6=O)c1. The Balaban J connectivity index is 1.43. The van der Waals surface area contributed by atoms with Crippen molar-refractivity contribution < 1.29 is 19.2 Å². The first kappa shape index (κ1) is 27.4. The Kier molecular flexibility index (Phi) is 5.19. The molecule has 0 saturated heterocycles. The van der Waals surface area contributed by atoms with E-state index in [2.05, 4.69) is 47.6 Å². The number of fused-ring (bicyclic) bond motifs is 2. The highest BCUT2D eigenvalue weighted by atomic mass is 16.2. The van der Waals surface area contributed by atoms with Gasteiger partial charge in [-0.2, -0.15) is 0 Å². The first-order valence-corrected chi connectivity index (χ1v) is 15.1. The summed E-state index contributed by atoms with van der Waals surface area (Å²) in [6.07, 6.45) is 0. The average Bonchev–Trinajstić information content (AvgIpc) is 2.99. The van der Waals surface area contributed by atoms with Crippen LogP contribution in [0.2, 0.25) is 0 Å². The van der Waals surface area contributed by atoms with E-state index in [1.165, 1.54) is 4.90 Å². The van der Waals surface area contributed by atoms with Crippen LogP contribution in [-0.2, 0) is 10.8 Å². The third-order valence-electron chi connectivity index (χ3n) is 9.58. The molecular weight excluding hydrogens is 562 g/mol. The molecule has 4 amide bonds. The fourth-order valence-electron chi connectivity index (χ4n) is 7.32. The second-order valence-corrected chi connectivity index (χ2v) is 14.3. The summed E-state index contributed by atoms with van der Waals surface area (Å²) in [4.78, 5) is 56.3. The van der Waals surface area contributed by atoms with E-state index in [0.29, 0.717) is 43.7 Å². The molecule has 0 radical (unpaired) electrons. The average molecular weight is 594 g/mol. The highest BCUT2D eigenvalue weighted by Crippen LogP contribution is 2.47. The molecule has 0 atom stereocenters. The third kappa shape index (κ3) is 3.44. The highest BCUT2D eigenvalue weighted by Gasteiger charge is 2.39. The smallest absolute Gasteiger partial charge is 0.268 e. The van der Waals surface area contributed by atoms with Gasteiger partial charge in [0, 0.05) is 21.9 Å². The van der Waals surface area contributed by atoms with Crippen LogP contribution in [-0.4, -0.2) is 28.6 Å². The van der Waals surface area contributed by atoms with E-state index < -0.39 is 11.8 Å². The summed E-state index contributed by atoms with van der Waals surface area (Å²) in [5.74, 6) is 4.02. The van der Waals surface area contributed by atoms with E-state index in [1.807, 2.05) is 36.4 Å². The van der Waals surface area contributed by atoms with Crippen LogP contribution in [0.5, 0.6) is 0 Å². The Morgan fingerprint density at radius 2 is 0.889 bits per heavy atom. The summed E-state index contributed by atoms with van der Waals surface area (Å²) < 4.78 is 0. The van der Waals surface area contributed by atoms with Gasteiger partial charge < -0.3 is 0 Å². The largest absolute Gasteiger partial charge is 0.275 e. The maximum absolute atomic E-state index is 14.5. The lowest BCUT2D eigenvalue weighted by molar-refractivity contribution is 0.0609. The van der Waals surface area contributed by atoms with Crippen molar-refractivity contribution in [2.45, 2.75) is 52.4 Å². The van der Waals surface area contributed by atoms with Crippen LogP contribution in [0.4, 0.5) is 5.69 Å². The standard InChI is InChI=1S/C38H31N3O4/c1-37(2,3)18-7-16-27(38(4,5)6)28(17-18)40-33(42)23-12-8-19-21-10-14-25-32-26(36(45)41(39)35(25)44)15-11-22(30(21)32)20-9-13-24(34(40)43)31(23)29(19)20/h7-17H,39H2,1-6H3. The molecule has 6 aromatic carbocycles. The third-order valence-corrected chi connectivity index (χ3v) is 9.58. The monoisotopic (exact) mass is 593 g/mol. The molecule has 7 nitrogen and oxygen atoms in total. The second-order valence-electron chi connectivity index (χ2n) is 14.3. The lowest BCUT2D eigenvalue weighted by atomic mass is 9.79. The molecule has 0 aromatic heterocycles. The number of nitrogens with zero attached hydrogens (tertiary/aromatic N) is 2. The minimum Gasteiger partial charge on any atom is -0.268 e. The number of rotatable bonds is 1. The van der Waals surface area contributed by atoms with Crippen LogP contribution >= 0.6 is 0 Å². The summed E-state index contributed by atoms with van der Waals surface area (Å²) in [6, 6.07) is 20.7. The molecule has 2 heterocycles. The number of carbonyl (C=O) groups is 4. The summed E-state index contributed by atoms with van der Waals surface area (Å²) in [6.45, 7) is 12.6. The Bertz CT molecular complexity index is 2270.